The minimum absolute atomic E-state index is 0.118. The van der Waals surface area contributed by atoms with Crippen LogP contribution in [-0.4, -0.2) is 10.2 Å². The first-order chi connectivity index (χ1) is 7.09. The normalized spacial score (nSPS) is 10.6. The fourth-order valence-electron chi connectivity index (χ4n) is 1.24. The molecule has 0 aliphatic heterocycles. The molecule has 0 radical (unpaired) electrons. The molecule has 1 aromatic heterocycles. The molecule has 2 aromatic rings. The summed E-state index contributed by atoms with van der Waals surface area (Å²) in [5.41, 5.74) is 5.98. The number of aromatic nitrogens is 2. The summed E-state index contributed by atoms with van der Waals surface area (Å²) >= 11 is 5.54. The fraction of sp³-hybridized carbons (Fsp3) is 0. The van der Waals surface area contributed by atoms with E-state index in [9.17, 15) is 8.78 Å². The summed E-state index contributed by atoms with van der Waals surface area (Å²) in [6.07, 6.45) is 1.35. The predicted molar refractivity (Wildman–Crippen MR) is 53.4 cm³/mol. The third kappa shape index (κ3) is 1.66. The standard InChI is InChI=1S/C9H6ClF2N3/c10-6-1-4(7(11)2-8(6)12)5-3-14-15-9(5)13/h1-3H,(H3,13,14,15). The van der Waals surface area contributed by atoms with Crippen LogP contribution >= 0.6 is 11.6 Å². The Morgan fingerprint density at radius 1 is 1.20 bits per heavy atom. The molecule has 0 spiro atoms. The summed E-state index contributed by atoms with van der Waals surface area (Å²) in [7, 11) is 0. The van der Waals surface area contributed by atoms with Gasteiger partial charge in [-0.05, 0) is 6.07 Å². The highest BCUT2D eigenvalue weighted by Gasteiger charge is 2.13. The van der Waals surface area contributed by atoms with Gasteiger partial charge in [0.05, 0.1) is 11.2 Å². The molecule has 3 N–H and O–H groups in total. The molecule has 0 unspecified atom stereocenters. The van der Waals surface area contributed by atoms with E-state index in [1.54, 1.807) is 0 Å². The summed E-state index contributed by atoms with van der Waals surface area (Å²) in [6, 6.07) is 1.89. The summed E-state index contributed by atoms with van der Waals surface area (Å²) in [6.45, 7) is 0. The van der Waals surface area contributed by atoms with Gasteiger partial charge < -0.3 is 5.73 Å². The van der Waals surface area contributed by atoms with Crippen LogP contribution in [0.4, 0.5) is 14.6 Å². The molecule has 0 aliphatic carbocycles. The van der Waals surface area contributed by atoms with E-state index in [1.165, 1.54) is 12.3 Å². The maximum Gasteiger partial charge on any atom is 0.144 e. The van der Waals surface area contributed by atoms with Gasteiger partial charge in [0.15, 0.2) is 0 Å². The van der Waals surface area contributed by atoms with Crippen molar-refractivity contribution in [3.8, 4) is 11.1 Å². The Kier molecular flexibility index (Phi) is 2.32. The van der Waals surface area contributed by atoms with Gasteiger partial charge in [-0.1, -0.05) is 11.6 Å². The van der Waals surface area contributed by atoms with Gasteiger partial charge >= 0.3 is 0 Å². The van der Waals surface area contributed by atoms with E-state index in [-0.39, 0.29) is 16.4 Å². The number of nitrogens with two attached hydrogens (primary N) is 1. The van der Waals surface area contributed by atoms with E-state index in [2.05, 4.69) is 10.2 Å². The maximum atomic E-state index is 13.4. The molecule has 6 heteroatoms. The predicted octanol–water partition coefficient (Wildman–Crippen LogP) is 2.59. The average Bonchev–Trinajstić information content (AvgIpc) is 2.58. The number of nitrogen functional groups attached to an aromatic ring is 1. The number of aromatic amines is 1. The molecule has 0 bridgehead atoms. The van der Waals surface area contributed by atoms with Gasteiger partial charge in [-0.2, -0.15) is 5.10 Å². The van der Waals surface area contributed by atoms with Crippen LogP contribution in [0, 0.1) is 11.6 Å². The Bertz CT molecular complexity index is 510. The molecule has 78 valence electrons. The maximum absolute atomic E-state index is 13.4. The number of hydrogen-bond donors (Lipinski definition) is 2. The Balaban J connectivity index is 2.64. The zero-order chi connectivity index (χ0) is 11.0. The molecular formula is C9H6ClF2N3. The molecular weight excluding hydrogens is 224 g/mol. The smallest absolute Gasteiger partial charge is 0.144 e. The summed E-state index contributed by atoms with van der Waals surface area (Å²) in [4.78, 5) is 0. The molecule has 0 aliphatic rings. The molecule has 0 fully saturated rings. The van der Waals surface area contributed by atoms with Crippen LogP contribution in [0.15, 0.2) is 18.3 Å². The van der Waals surface area contributed by atoms with Crippen LogP contribution < -0.4 is 5.73 Å². The summed E-state index contributed by atoms with van der Waals surface area (Å²) < 4.78 is 26.3. The number of H-pyrrole nitrogens is 1. The number of benzene rings is 1. The SMILES string of the molecule is Nc1[nH]ncc1-c1cc(Cl)c(F)cc1F. The van der Waals surface area contributed by atoms with Crippen molar-refractivity contribution in [2.24, 2.45) is 0 Å². The van der Waals surface area contributed by atoms with Gasteiger partial charge in [0.1, 0.15) is 17.5 Å². The average molecular weight is 230 g/mol. The zero-order valence-corrected chi connectivity index (χ0v) is 8.15. The van der Waals surface area contributed by atoms with Crippen molar-refractivity contribution in [1.29, 1.82) is 0 Å². The molecule has 0 saturated carbocycles. The zero-order valence-electron chi connectivity index (χ0n) is 7.39. The third-order valence-electron chi connectivity index (χ3n) is 1.97. The molecule has 2 rings (SSSR count). The van der Waals surface area contributed by atoms with Crippen molar-refractivity contribution in [2.75, 3.05) is 5.73 Å². The Morgan fingerprint density at radius 3 is 2.53 bits per heavy atom. The highest BCUT2D eigenvalue weighted by Crippen LogP contribution is 2.30. The summed E-state index contributed by atoms with van der Waals surface area (Å²) in [5.74, 6) is -1.33. The monoisotopic (exact) mass is 229 g/mol. The van der Waals surface area contributed by atoms with Crippen molar-refractivity contribution >= 4 is 17.4 Å². The van der Waals surface area contributed by atoms with Crippen molar-refractivity contribution in [1.82, 2.24) is 10.2 Å². The quantitative estimate of drug-likeness (QED) is 0.739. The van der Waals surface area contributed by atoms with Gasteiger partial charge in [-0.25, -0.2) is 8.78 Å². The third-order valence-corrected chi connectivity index (χ3v) is 2.26. The molecule has 3 nitrogen and oxygen atoms in total. The van der Waals surface area contributed by atoms with Crippen LogP contribution in [0.2, 0.25) is 5.02 Å². The van der Waals surface area contributed by atoms with E-state index in [0.29, 0.717) is 11.6 Å². The van der Waals surface area contributed by atoms with Gasteiger partial charge in [-0.3, -0.25) is 5.10 Å². The topological polar surface area (TPSA) is 54.7 Å². The van der Waals surface area contributed by atoms with Crippen LogP contribution in [0.5, 0.6) is 0 Å². The Labute approximate surface area is 88.9 Å². The van der Waals surface area contributed by atoms with Gasteiger partial charge in [0.2, 0.25) is 0 Å². The highest BCUT2D eigenvalue weighted by molar-refractivity contribution is 6.31. The molecule has 15 heavy (non-hydrogen) atoms. The number of nitrogens with zero attached hydrogens (tertiary/aromatic N) is 1. The van der Waals surface area contributed by atoms with Crippen LogP contribution in [0.3, 0.4) is 0 Å². The van der Waals surface area contributed by atoms with E-state index in [4.69, 9.17) is 17.3 Å². The lowest BCUT2D eigenvalue weighted by atomic mass is 10.1. The van der Waals surface area contributed by atoms with E-state index >= 15 is 0 Å². The number of hydrogen-bond acceptors (Lipinski definition) is 2. The summed E-state index contributed by atoms with van der Waals surface area (Å²) in [5, 5.41) is 5.93. The molecule has 0 atom stereocenters. The number of rotatable bonds is 1. The van der Waals surface area contributed by atoms with Crippen LogP contribution in [0.25, 0.3) is 11.1 Å². The second kappa shape index (κ2) is 3.51. The molecule has 1 heterocycles. The Hall–Kier alpha value is -1.62. The first kappa shape index (κ1) is 9.92. The lowest BCUT2D eigenvalue weighted by molar-refractivity contribution is 0.586. The number of halogens is 3. The Morgan fingerprint density at radius 2 is 1.93 bits per heavy atom. The van der Waals surface area contributed by atoms with E-state index in [1.807, 2.05) is 0 Å². The van der Waals surface area contributed by atoms with Gasteiger partial charge in [0, 0.05) is 17.2 Å². The van der Waals surface area contributed by atoms with Crippen LogP contribution in [0.1, 0.15) is 0 Å². The van der Waals surface area contributed by atoms with Crippen molar-refractivity contribution in [3.63, 3.8) is 0 Å². The van der Waals surface area contributed by atoms with E-state index < -0.39 is 11.6 Å². The second-order valence-corrected chi connectivity index (χ2v) is 3.35. The first-order valence-corrected chi connectivity index (χ1v) is 4.41. The van der Waals surface area contributed by atoms with Crippen molar-refractivity contribution in [2.45, 2.75) is 0 Å². The lowest BCUT2D eigenvalue weighted by Gasteiger charge is -2.03. The minimum Gasteiger partial charge on any atom is -0.384 e. The van der Waals surface area contributed by atoms with Gasteiger partial charge in [0.25, 0.3) is 0 Å². The van der Waals surface area contributed by atoms with Crippen molar-refractivity contribution < 1.29 is 8.78 Å². The van der Waals surface area contributed by atoms with Crippen molar-refractivity contribution in [3.05, 3.63) is 35.0 Å². The van der Waals surface area contributed by atoms with E-state index in [0.717, 1.165) is 0 Å². The number of nitrogens with one attached hydrogen (secondary N) is 1. The molecule has 0 amide bonds. The largest absolute Gasteiger partial charge is 0.384 e. The molecule has 0 saturated heterocycles. The second-order valence-electron chi connectivity index (χ2n) is 2.94. The van der Waals surface area contributed by atoms with Crippen LogP contribution in [-0.2, 0) is 0 Å². The fourth-order valence-corrected chi connectivity index (χ4v) is 1.40. The highest BCUT2D eigenvalue weighted by atomic mass is 35.5. The lowest BCUT2D eigenvalue weighted by Crippen LogP contribution is -1.91. The van der Waals surface area contributed by atoms with Gasteiger partial charge in [-0.15, -0.1) is 0 Å². The number of anilines is 1. The first-order valence-electron chi connectivity index (χ1n) is 4.03. The molecule has 1 aromatic carbocycles. The minimum atomic E-state index is -0.806.